The summed E-state index contributed by atoms with van der Waals surface area (Å²) in [5, 5.41) is -0.572. The van der Waals surface area contributed by atoms with Gasteiger partial charge >= 0.3 is 5.97 Å². The predicted octanol–water partition coefficient (Wildman–Crippen LogP) is 3.96. The van der Waals surface area contributed by atoms with Crippen LogP contribution in [0.5, 0.6) is 0 Å². The Hall–Kier alpha value is -3.21. The molecule has 2 amide bonds. The second-order valence-electron chi connectivity index (χ2n) is 14.1. The molecule has 1 aromatic rings. The molecular weight excluding hydrogens is 582 g/mol. The van der Waals surface area contributed by atoms with Crippen molar-refractivity contribution in [3.8, 4) is 0 Å². The Morgan fingerprint density at radius 2 is 1.75 bits per heavy atom. The second kappa shape index (κ2) is 12.3. The average Bonchev–Trinajstić information content (AvgIpc) is 3.84. The fraction of sp³-hybridized carbons (Fsp3) is 0.636. The van der Waals surface area contributed by atoms with Gasteiger partial charge in [0.05, 0.1) is 29.7 Å². The molecule has 1 saturated heterocycles. The van der Waals surface area contributed by atoms with Crippen molar-refractivity contribution < 1.29 is 32.3 Å². The van der Waals surface area contributed by atoms with Gasteiger partial charge in [-0.1, -0.05) is 45.0 Å². The first kappa shape index (κ1) is 32.2. The number of benzene rings is 1. The largest absolute Gasteiger partial charge is 0.462 e. The number of nitrogens with zero attached hydrogens (tertiary/aromatic N) is 2. The van der Waals surface area contributed by atoms with E-state index < -0.39 is 49.9 Å². The lowest BCUT2D eigenvalue weighted by molar-refractivity contribution is -0.156. The summed E-state index contributed by atoms with van der Waals surface area (Å²) >= 11 is 0. The summed E-state index contributed by atoms with van der Waals surface area (Å²) in [5.74, 6) is -2.80. The number of hydrogen-bond donors (Lipinski definition) is 1. The molecule has 0 aromatic heterocycles. The summed E-state index contributed by atoms with van der Waals surface area (Å²) < 4.78 is 33.1. The third-order valence-electron chi connectivity index (χ3n) is 9.74. The lowest BCUT2D eigenvalue weighted by Gasteiger charge is -2.34. The van der Waals surface area contributed by atoms with Gasteiger partial charge in [-0.15, -0.1) is 6.58 Å². The van der Waals surface area contributed by atoms with Crippen LogP contribution in [0.25, 0.3) is 0 Å². The number of ketones is 1. The van der Waals surface area contributed by atoms with E-state index in [1.54, 1.807) is 6.08 Å². The number of sulfonamides is 1. The number of Topliss-reactive ketones (excluding diaryl/α,β-unsaturated/α-hetero) is 1. The normalized spacial score (nSPS) is 26.2. The number of para-hydroxylation sites is 1. The number of amides is 2. The highest BCUT2D eigenvalue weighted by atomic mass is 32.2. The Morgan fingerprint density at radius 1 is 1.09 bits per heavy atom. The van der Waals surface area contributed by atoms with E-state index in [1.165, 1.54) is 4.90 Å². The standard InChI is InChI=1S/C33H45N3O7S/c1-5-22-18-33(22,31(40)34-44(41,42)25-15-16-25)19-28(37)27-20-35(23-11-7-6-8-12-23)21-36(27)30(39)26(32(2,3)4)17-29(38)43-24-13-9-10-14-24/h5-8,11-12,22,24-27H,1,9-10,13-21H2,2-4H3,(H,34,40)/t22-,26-,27+,33?/m1/s1. The number of allylic oxidation sites excluding steroid dienone is 1. The fourth-order valence-corrected chi connectivity index (χ4v) is 8.04. The second-order valence-corrected chi connectivity index (χ2v) is 16.0. The maximum absolute atomic E-state index is 14.3. The molecular formula is C33H45N3O7S. The molecule has 1 heterocycles. The highest BCUT2D eigenvalue weighted by Gasteiger charge is 2.61. The van der Waals surface area contributed by atoms with Crippen molar-refractivity contribution >= 4 is 39.3 Å². The zero-order chi connectivity index (χ0) is 31.9. The van der Waals surface area contributed by atoms with Crippen LogP contribution in [0.4, 0.5) is 5.69 Å². The van der Waals surface area contributed by atoms with Gasteiger partial charge in [0.15, 0.2) is 5.78 Å². The average molecular weight is 628 g/mol. The zero-order valence-electron chi connectivity index (χ0n) is 26.0. The van der Waals surface area contributed by atoms with Crippen LogP contribution in [-0.2, 0) is 33.9 Å². The van der Waals surface area contributed by atoms with Crippen LogP contribution in [-0.4, -0.2) is 67.5 Å². The minimum atomic E-state index is -3.79. The Morgan fingerprint density at radius 3 is 2.32 bits per heavy atom. The van der Waals surface area contributed by atoms with Crippen LogP contribution in [0.2, 0.25) is 0 Å². The molecule has 1 unspecified atom stereocenters. The number of anilines is 1. The van der Waals surface area contributed by atoms with E-state index in [9.17, 15) is 27.6 Å². The zero-order valence-corrected chi connectivity index (χ0v) is 26.8. The molecule has 0 bridgehead atoms. The number of carbonyl (C=O) groups is 4. The molecule has 4 aliphatic rings. The summed E-state index contributed by atoms with van der Waals surface area (Å²) in [5.41, 5.74) is -0.973. The van der Waals surface area contributed by atoms with Crippen molar-refractivity contribution in [3.63, 3.8) is 0 Å². The molecule has 1 aromatic carbocycles. The maximum Gasteiger partial charge on any atom is 0.306 e. The predicted molar refractivity (Wildman–Crippen MR) is 166 cm³/mol. The van der Waals surface area contributed by atoms with E-state index >= 15 is 0 Å². The van der Waals surface area contributed by atoms with Crippen molar-refractivity contribution in [3.05, 3.63) is 43.0 Å². The van der Waals surface area contributed by atoms with Crippen molar-refractivity contribution in [2.45, 2.75) is 96.0 Å². The van der Waals surface area contributed by atoms with Crippen molar-refractivity contribution in [1.29, 1.82) is 0 Å². The third kappa shape index (κ3) is 6.87. The van der Waals surface area contributed by atoms with E-state index in [2.05, 4.69) is 11.3 Å². The summed E-state index contributed by atoms with van der Waals surface area (Å²) in [6, 6.07) is 8.58. The lowest BCUT2D eigenvalue weighted by atomic mass is 9.77. The number of ether oxygens (including phenoxy) is 1. The SMILES string of the molecule is C=C[C@@H]1CC1(CC(=O)[C@@H]1CN(c2ccccc2)CN1C(=O)[C@@H](CC(=O)OC1CCCC1)C(C)(C)C)C(=O)NS(=O)(=O)C1CC1. The molecule has 44 heavy (non-hydrogen) atoms. The van der Waals surface area contributed by atoms with Crippen molar-refractivity contribution in [2.75, 3.05) is 18.1 Å². The quantitative estimate of drug-likeness (QED) is 0.272. The van der Waals surface area contributed by atoms with E-state index in [1.807, 2.05) is 56.0 Å². The highest BCUT2D eigenvalue weighted by Crippen LogP contribution is 2.57. The van der Waals surface area contributed by atoms with Gasteiger partial charge in [-0.3, -0.25) is 23.9 Å². The van der Waals surface area contributed by atoms with E-state index in [0.717, 1.165) is 31.4 Å². The number of esters is 1. The highest BCUT2D eigenvalue weighted by molar-refractivity contribution is 7.90. The Bertz CT molecular complexity index is 1400. The topological polar surface area (TPSA) is 130 Å². The van der Waals surface area contributed by atoms with Crippen molar-refractivity contribution in [1.82, 2.24) is 9.62 Å². The summed E-state index contributed by atoms with van der Waals surface area (Å²) in [7, 11) is -3.79. The van der Waals surface area contributed by atoms with Gasteiger partial charge in [0.1, 0.15) is 12.1 Å². The minimum Gasteiger partial charge on any atom is -0.462 e. The molecule has 4 atom stereocenters. The minimum absolute atomic E-state index is 0.0918. The smallest absolute Gasteiger partial charge is 0.306 e. The van der Waals surface area contributed by atoms with E-state index in [-0.39, 0.29) is 49.8 Å². The van der Waals surface area contributed by atoms with Gasteiger partial charge < -0.3 is 14.5 Å². The molecule has 1 N–H and O–H groups in total. The molecule has 4 fully saturated rings. The lowest BCUT2D eigenvalue weighted by Crippen LogP contribution is -2.49. The molecule has 0 spiro atoms. The number of carbonyl (C=O) groups excluding carboxylic acids is 4. The van der Waals surface area contributed by atoms with Gasteiger partial charge in [0.25, 0.3) is 0 Å². The van der Waals surface area contributed by atoms with Gasteiger partial charge in [-0.05, 0) is 68.4 Å². The first-order valence-corrected chi connectivity index (χ1v) is 17.3. The number of rotatable bonds is 12. The summed E-state index contributed by atoms with van der Waals surface area (Å²) in [6.07, 6.45) is 6.21. The Labute approximate surface area is 260 Å². The molecule has 11 heteroatoms. The molecule has 3 saturated carbocycles. The van der Waals surface area contributed by atoms with Crippen LogP contribution in [0.3, 0.4) is 0 Å². The molecule has 1 aliphatic heterocycles. The molecule has 5 rings (SSSR count). The third-order valence-corrected chi connectivity index (χ3v) is 11.6. The number of hydrogen-bond acceptors (Lipinski definition) is 8. The molecule has 240 valence electrons. The fourth-order valence-electron chi connectivity index (χ4n) is 6.65. The van der Waals surface area contributed by atoms with E-state index in [0.29, 0.717) is 19.3 Å². The Kier molecular flexibility index (Phi) is 8.99. The van der Waals surface area contributed by atoms with Crippen LogP contribution in [0.1, 0.15) is 78.6 Å². The maximum atomic E-state index is 14.3. The van der Waals surface area contributed by atoms with Crippen LogP contribution in [0, 0.1) is 22.7 Å². The van der Waals surface area contributed by atoms with Gasteiger partial charge in [0, 0.05) is 18.7 Å². The first-order valence-electron chi connectivity index (χ1n) is 15.8. The van der Waals surface area contributed by atoms with Gasteiger partial charge in [0.2, 0.25) is 21.8 Å². The molecule has 0 radical (unpaired) electrons. The summed E-state index contributed by atoms with van der Waals surface area (Å²) in [6.45, 7) is 9.87. The molecule has 10 nitrogen and oxygen atoms in total. The van der Waals surface area contributed by atoms with Crippen LogP contribution >= 0.6 is 0 Å². The summed E-state index contributed by atoms with van der Waals surface area (Å²) in [4.78, 5) is 58.3. The van der Waals surface area contributed by atoms with E-state index in [4.69, 9.17) is 4.74 Å². The Balaban J connectivity index is 1.38. The first-order chi connectivity index (χ1) is 20.7. The van der Waals surface area contributed by atoms with Crippen LogP contribution in [0.15, 0.2) is 43.0 Å². The van der Waals surface area contributed by atoms with Gasteiger partial charge in [-0.2, -0.15) is 0 Å². The molecule has 3 aliphatic carbocycles. The number of nitrogens with one attached hydrogen (secondary N) is 1. The van der Waals surface area contributed by atoms with Crippen LogP contribution < -0.4 is 9.62 Å². The van der Waals surface area contributed by atoms with Crippen molar-refractivity contribution in [2.24, 2.45) is 22.7 Å². The van der Waals surface area contributed by atoms with Gasteiger partial charge in [-0.25, -0.2) is 8.42 Å². The monoisotopic (exact) mass is 627 g/mol.